The molecule has 1 aliphatic rings. The summed E-state index contributed by atoms with van der Waals surface area (Å²) in [6.45, 7) is 6.53. The molecule has 0 aliphatic heterocycles. The minimum atomic E-state index is -0.0469. The second-order valence-electron chi connectivity index (χ2n) is 6.68. The highest BCUT2D eigenvalue weighted by atomic mass is 19.1. The summed E-state index contributed by atoms with van der Waals surface area (Å²) in [7, 11) is 4.20. The van der Waals surface area contributed by atoms with Crippen molar-refractivity contribution < 1.29 is 4.39 Å². The van der Waals surface area contributed by atoms with Gasteiger partial charge in [-0.1, -0.05) is 26.0 Å². The lowest BCUT2D eigenvalue weighted by atomic mass is 9.92. The molecule has 2 rings (SSSR count). The van der Waals surface area contributed by atoms with Crippen LogP contribution in [0.4, 0.5) is 4.39 Å². The second kappa shape index (κ2) is 5.59. The fourth-order valence-corrected chi connectivity index (χ4v) is 3.13. The van der Waals surface area contributed by atoms with Crippen LogP contribution in [-0.4, -0.2) is 32.1 Å². The van der Waals surface area contributed by atoms with Crippen molar-refractivity contribution in [2.45, 2.75) is 32.7 Å². The molecule has 1 atom stereocenters. The van der Waals surface area contributed by atoms with Gasteiger partial charge in [-0.25, -0.2) is 4.39 Å². The van der Waals surface area contributed by atoms with Gasteiger partial charge < -0.3 is 10.2 Å². The van der Waals surface area contributed by atoms with Crippen LogP contribution in [-0.2, 0) is 6.42 Å². The zero-order chi connectivity index (χ0) is 14.0. The minimum Gasteiger partial charge on any atom is -0.309 e. The van der Waals surface area contributed by atoms with Crippen LogP contribution in [0.25, 0.3) is 0 Å². The maximum absolute atomic E-state index is 13.7. The van der Waals surface area contributed by atoms with Crippen molar-refractivity contribution in [1.29, 1.82) is 0 Å². The average molecular weight is 264 g/mol. The Morgan fingerprint density at radius 1 is 1.37 bits per heavy atom. The maximum Gasteiger partial charge on any atom is 0.126 e. The van der Waals surface area contributed by atoms with Gasteiger partial charge >= 0.3 is 0 Å². The molecule has 1 aromatic rings. The summed E-state index contributed by atoms with van der Waals surface area (Å²) in [4.78, 5) is 2.21. The highest BCUT2D eigenvalue weighted by Gasteiger charge is 2.27. The van der Waals surface area contributed by atoms with E-state index in [1.165, 1.54) is 0 Å². The molecule has 0 amide bonds. The van der Waals surface area contributed by atoms with E-state index in [4.69, 9.17) is 0 Å². The molecule has 0 radical (unpaired) electrons. The van der Waals surface area contributed by atoms with Crippen LogP contribution in [0.1, 0.15) is 37.4 Å². The lowest BCUT2D eigenvalue weighted by Gasteiger charge is -2.30. The predicted octanol–water partition coefficient (Wildman–Crippen LogP) is 2.99. The number of rotatable bonds is 5. The Balaban J connectivity index is 1.98. The Morgan fingerprint density at radius 2 is 2.11 bits per heavy atom. The lowest BCUT2D eigenvalue weighted by Crippen LogP contribution is -2.38. The first-order valence-corrected chi connectivity index (χ1v) is 7.04. The molecule has 0 heterocycles. The number of nitrogens with one attached hydrogen (secondary N) is 1. The second-order valence-corrected chi connectivity index (χ2v) is 6.68. The zero-order valence-corrected chi connectivity index (χ0v) is 12.5. The number of hydrogen-bond donors (Lipinski definition) is 1. The SMILES string of the molecule is CN(C)CC(C)(C)CNC1CCc2c(F)cccc21. The minimum absolute atomic E-state index is 0.0469. The van der Waals surface area contributed by atoms with Gasteiger partial charge in [0.15, 0.2) is 0 Å². The Kier molecular flexibility index (Phi) is 4.26. The highest BCUT2D eigenvalue weighted by Crippen LogP contribution is 2.33. The van der Waals surface area contributed by atoms with Crippen molar-refractivity contribution in [3.8, 4) is 0 Å². The molecule has 2 nitrogen and oxygen atoms in total. The van der Waals surface area contributed by atoms with E-state index in [0.29, 0.717) is 6.04 Å². The monoisotopic (exact) mass is 264 g/mol. The van der Waals surface area contributed by atoms with Gasteiger partial charge in [-0.15, -0.1) is 0 Å². The summed E-state index contributed by atoms with van der Waals surface area (Å²) in [5.41, 5.74) is 2.28. The van der Waals surface area contributed by atoms with Crippen molar-refractivity contribution in [2.75, 3.05) is 27.2 Å². The van der Waals surface area contributed by atoms with E-state index in [2.05, 4.69) is 44.2 Å². The smallest absolute Gasteiger partial charge is 0.126 e. The van der Waals surface area contributed by atoms with Crippen molar-refractivity contribution in [3.05, 3.63) is 35.1 Å². The quantitative estimate of drug-likeness (QED) is 0.879. The van der Waals surface area contributed by atoms with Gasteiger partial charge in [0.1, 0.15) is 5.82 Å². The molecule has 0 bridgehead atoms. The van der Waals surface area contributed by atoms with Gasteiger partial charge in [-0.05, 0) is 49.5 Å². The van der Waals surface area contributed by atoms with Gasteiger partial charge in [0.2, 0.25) is 0 Å². The Morgan fingerprint density at radius 3 is 2.79 bits per heavy atom. The summed E-state index contributed by atoms with van der Waals surface area (Å²) in [6.07, 6.45) is 1.86. The summed E-state index contributed by atoms with van der Waals surface area (Å²) in [6, 6.07) is 5.75. The Hall–Kier alpha value is -0.930. The van der Waals surface area contributed by atoms with Crippen molar-refractivity contribution in [2.24, 2.45) is 5.41 Å². The molecule has 19 heavy (non-hydrogen) atoms. The highest BCUT2D eigenvalue weighted by molar-refractivity contribution is 5.35. The predicted molar refractivity (Wildman–Crippen MR) is 77.8 cm³/mol. The number of benzene rings is 1. The first kappa shape index (κ1) is 14.5. The standard InChI is InChI=1S/C16H25FN2/c1-16(2,11-19(3)4)10-18-15-9-8-12-13(15)6-5-7-14(12)17/h5-7,15,18H,8-11H2,1-4H3. The van der Waals surface area contributed by atoms with Crippen LogP contribution in [0.5, 0.6) is 0 Å². The Bertz CT molecular complexity index is 440. The molecule has 1 N–H and O–H groups in total. The summed E-state index contributed by atoms with van der Waals surface area (Å²) in [5, 5.41) is 3.62. The molecule has 1 aromatic carbocycles. The van der Waals surface area contributed by atoms with Gasteiger partial charge in [0.25, 0.3) is 0 Å². The van der Waals surface area contributed by atoms with E-state index in [0.717, 1.165) is 37.1 Å². The lowest BCUT2D eigenvalue weighted by molar-refractivity contribution is 0.225. The van der Waals surface area contributed by atoms with Crippen LogP contribution in [0.2, 0.25) is 0 Å². The third-order valence-corrected chi connectivity index (χ3v) is 3.78. The molecular weight excluding hydrogens is 239 g/mol. The van der Waals surface area contributed by atoms with E-state index in [-0.39, 0.29) is 11.2 Å². The Labute approximate surface area is 116 Å². The van der Waals surface area contributed by atoms with Gasteiger partial charge in [-0.2, -0.15) is 0 Å². The number of halogens is 1. The molecule has 0 saturated heterocycles. The van der Waals surface area contributed by atoms with Crippen LogP contribution < -0.4 is 5.32 Å². The first-order valence-electron chi connectivity index (χ1n) is 7.04. The summed E-state index contributed by atoms with van der Waals surface area (Å²) < 4.78 is 13.7. The van der Waals surface area contributed by atoms with Gasteiger partial charge in [0.05, 0.1) is 0 Å². The molecule has 106 valence electrons. The van der Waals surface area contributed by atoms with Gasteiger partial charge in [0, 0.05) is 19.1 Å². The van der Waals surface area contributed by atoms with E-state index in [1.54, 1.807) is 6.07 Å². The summed E-state index contributed by atoms with van der Waals surface area (Å²) in [5.74, 6) is -0.0469. The third kappa shape index (κ3) is 3.54. The summed E-state index contributed by atoms with van der Waals surface area (Å²) >= 11 is 0. The molecule has 0 fully saturated rings. The van der Waals surface area contributed by atoms with Crippen molar-refractivity contribution in [3.63, 3.8) is 0 Å². The van der Waals surface area contributed by atoms with Crippen LogP contribution >= 0.6 is 0 Å². The molecule has 0 saturated carbocycles. The van der Waals surface area contributed by atoms with Gasteiger partial charge in [-0.3, -0.25) is 0 Å². The first-order chi connectivity index (χ1) is 8.89. The van der Waals surface area contributed by atoms with E-state index in [1.807, 2.05) is 6.07 Å². The zero-order valence-electron chi connectivity index (χ0n) is 12.5. The number of nitrogens with zero attached hydrogens (tertiary/aromatic N) is 1. The fourth-order valence-electron chi connectivity index (χ4n) is 3.13. The average Bonchev–Trinajstić information content (AvgIpc) is 2.69. The third-order valence-electron chi connectivity index (χ3n) is 3.78. The molecule has 0 spiro atoms. The molecule has 1 unspecified atom stereocenters. The fraction of sp³-hybridized carbons (Fsp3) is 0.625. The molecular formula is C16H25FN2. The molecule has 0 aromatic heterocycles. The number of hydrogen-bond acceptors (Lipinski definition) is 2. The normalized spacial score (nSPS) is 18.9. The largest absolute Gasteiger partial charge is 0.309 e. The van der Waals surface area contributed by atoms with E-state index >= 15 is 0 Å². The van der Waals surface area contributed by atoms with Crippen LogP contribution in [0.15, 0.2) is 18.2 Å². The number of fused-ring (bicyclic) bond motifs is 1. The van der Waals surface area contributed by atoms with Crippen molar-refractivity contribution in [1.82, 2.24) is 10.2 Å². The van der Waals surface area contributed by atoms with Crippen LogP contribution in [0.3, 0.4) is 0 Å². The van der Waals surface area contributed by atoms with E-state index in [9.17, 15) is 4.39 Å². The van der Waals surface area contributed by atoms with E-state index < -0.39 is 0 Å². The molecule has 1 aliphatic carbocycles. The van der Waals surface area contributed by atoms with Crippen LogP contribution in [0, 0.1) is 11.2 Å². The topological polar surface area (TPSA) is 15.3 Å². The molecule has 3 heteroatoms. The van der Waals surface area contributed by atoms with Crippen molar-refractivity contribution >= 4 is 0 Å². The maximum atomic E-state index is 13.7.